The first-order valence-corrected chi connectivity index (χ1v) is 18.5. The van der Waals surface area contributed by atoms with Gasteiger partial charge in [-0.1, -0.05) is 128 Å². The fraction of sp³-hybridized carbons (Fsp3) is 0.348. The van der Waals surface area contributed by atoms with Gasteiger partial charge in [-0.05, 0) is 106 Å². The molecule has 5 heteroatoms. The summed E-state index contributed by atoms with van der Waals surface area (Å²) in [5.74, 6) is 2.09. The topological polar surface area (TPSA) is 41.9 Å². The van der Waals surface area contributed by atoms with Gasteiger partial charge in [0.05, 0.1) is 22.4 Å². The van der Waals surface area contributed by atoms with E-state index in [9.17, 15) is 5.11 Å². The molecule has 10 rings (SSSR count). The number of aryl methyl sites for hydroxylation is 4. The number of hydrogen-bond acceptors (Lipinski definition) is 2. The first-order valence-electron chi connectivity index (χ1n) is 18.5. The van der Waals surface area contributed by atoms with E-state index in [4.69, 9.17) is 0 Å². The van der Waals surface area contributed by atoms with E-state index in [1.807, 2.05) is 18.5 Å². The van der Waals surface area contributed by atoms with Gasteiger partial charge in [0.1, 0.15) is 5.75 Å². The minimum atomic E-state index is 0. The van der Waals surface area contributed by atoms with E-state index >= 15 is 0 Å². The van der Waals surface area contributed by atoms with Crippen LogP contribution in [0.3, 0.4) is 0 Å². The van der Waals surface area contributed by atoms with Crippen molar-refractivity contribution in [2.24, 2.45) is 0 Å². The molecule has 6 aromatic rings. The predicted molar refractivity (Wildman–Crippen MR) is 207 cm³/mol. The molecule has 4 aliphatic rings. The van der Waals surface area contributed by atoms with E-state index in [0.29, 0.717) is 29.4 Å². The third-order valence-electron chi connectivity index (χ3n) is 10.1. The van der Waals surface area contributed by atoms with Crippen molar-refractivity contribution in [2.75, 3.05) is 0 Å². The average Bonchev–Trinajstić information content (AvgIpc) is 3.48. The van der Waals surface area contributed by atoms with Crippen molar-refractivity contribution in [3.8, 4) is 17.1 Å². The zero-order valence-corrected chi connectivity index (χ0v) is 33.6. The molecular formula is C46H53AuN3O+. The number of nitrogens with zero attached hydrogens (tertiary/aromatic N) is 3. The summed E-state index contributed by atoms with van der Waals surface area (Å²) in [5.41, 5.74) is 15.1. The number of fused-ring (bicyclic) bond motifs is 1. The summed E-state index contributed by atoms with van der Waals surface area (Å²) in [6.45, 7) is 18.2. The standard InChI is InChI=1S/C30H37N3.C16H16O.Au/c1-19(2)23-11-9-12-24(20(3)4)29(23)32-18-33(28-17-31-16-15-27(28)32)30-25(21(5)6)13-10-14-26(30)22(7)8;17-16-11-14-6-5-12-1-3-13(4-2-12)7-9-15(16)10-8-14;/h9-17,19-22H,1-8H3;1-4,8,10-11,17H,5-7,9H2;/q;;+1. The molecule has 4 bridgehead atoms. The Bertz CT molecular complexity index is 1940. The molecule has 0 saturated heterocycles. The van der Waals surface area contributed by atoms with E-state index in [1.165, 1.54) is 50.3 Å². The fourth-order valence-corrected chi connectivity index (χ4v) is 7.25. The number of para-hydroxylation sites is 2. The number of phenolic OH excluding ortho intramolecular Hbond substituents is 1. The van der Waals surface area contributed by atoms with Crippen LogP contribution in [0, 0.1) is 6.33 Å². The Labute approximate surface area is 321 Å². The van der Waals surface area contributed by atoms with Crippen molar-refractivity contribution in [3.05, 3.63) is 148 Å². The quantitative estimate of drug-likeness (QED) is 0.103. The number of rotatable bonds is 6. The first kappa shape index (κ1) is 38.3. The summed E-state index contributed by atoms with van der Waals surface area (Å²) < 4.78 is 4.54. The van der Waals surface area contributed by atoms with Crippen molar-refractivity contribution in [1.82, 2.24) is 9.55 Å². The SMILES string of the molecule is CC(C)c1cccc(C(C)C)c1-n1[c-][n+](-c2c(C(C)C)cccc2C(C)C)c2ccncc21.Oc1cc2ccc1CCc1ccc(cc1)CC2.[Au+]. The molecular weight excluding hydrogens is 807 g/mol. The summed E-state index contributed by atoms with van der Waals surface area (Å²) in [7, 11) is 0. The largest absolute Gasteiger partial charge is 1.00 e. The van der Waals surface area contributed by atoms with Gasteiger partial charge in [-0.25, -0.2) is 0 Å². The number of pyridine rings is 1. The maximum Gasteiger partial charge on any atom is 1.00 e. The Balaban J connectivity index is 0.000000235. The van der Waals surface area contributed by atoms with Crippen LogP contribution in [0.25, 0.3) is 22.4 Å². The van der Waals surface area contributed by atoms with Crippen molar-refractivity contribution in [1.29, 1.82) is 0 Å². The molecule has 2 heterocycles. The van der Waals surface area contributed by atoms with Crippen molar-refractivity contribution in [2.45, 2.75) is 105 Å². The van der Waals surface area contributed by atoms with Crippen LogP contribution in [0.4, 0.5) is 0 Å². The molecule has 0 amide bonds. The molecule has 0 unspecified atom stereocenters. The van der Waals surface area contributed by atoms with Crippen LogP contribution in [0.5, 0.6) is 5.75 Å². The van der Waals surface area contributed by atoms with Gasteiger partial charge in [0.15, 0.2) is 0 Å². The Kier molecular flexibility index (Phi) is 12.4. The maximum atomic E-state index is 9.95. The van der Waals surface area contributed by atoms with Crippen LogP contribution >= 0.6 is 0 Å². The van der Waals surface area contributed by atoms with Gasteiger partial charge in [0, 0.05) is 12.4 Å². The summed E-state index contributed by atoms with van der Waals surface area (Å²) in [5, 5.41) is 9.95. The van der Waals surface area contributed by atoms with E-state index < -0.39 is 0 Å². The average molecular weight is 861 g/mol. The molecule has 51 heavy (non-hydrogen) atoms. The van der Waals surface area contributed by atoms with Gasteiger partial charge in [0.2, 0.25) is 0 Å². The van der Waals surface area contributed by atoms with E-state index in [2.05, 4.69) is 155 Å². The second-order valence-electron chi connectivity index (χ2n) is 15.1. The first-order chi connectivity index (χ1) is 24.0. The summed E-state index contributed by atoms with van der Waals surface area (Å²) in [4.78, 5) is 4.52. The van der Waals surface area contributed by atoms with Crippen LogP contribution in [0.2, 0.25) is 0 Å². The molecule has 0 spiro atoms. The fourth-order valence-electron chi connectivity index (χ4n) is 7.25. The third-order valence-corrected chi connectivity index (χ3v) is 10.1. The second kappa shape index (κ2) is 16.6. The van der Waals surface area contributed by atoms with Crippen LogP contribution in [-0.4, -0.2) is 14.7 Å². The van der Waals surface area contributed by atoms with Gasteiger partial charge in [-0.2, -0.15) is 0 Å². The summed E-state index contributed by atoms with van der Waals surface area (Å²) in [6.07, 6.45) is 11.6. The Morgan fingerprint density at radius 1 is 0.627 bits per heavy atom. The number of imidazole rings is 1. The van der Waals surface area contributed by atoms with E-state index in [1.54, 1.807) is 0 Å². The number of benzene rings is 4. The van der Waals surface area contributed by atoms with Gasteiger partial charge >= 0.3 is 22.4 Å². The summed E-state index contributed by atoms with van der Waals surface area (Å²) >= 11 is 0. The molecule has 4 aromatic carbocycles. The third kappa shape index (κ3) is 8.25. The smallest absolute Gasteiger partial charge is 0.508 e. The number of hydrogen-bond donors (Lipinski definition) is 1. The molecule has 2 aromatic heterocycles. The predicted octanol–water partition coefficient (Wildman–Crippen LogP) is 10.9. The molecule has 0 radical (unpaired) electrons. The van der Waals surface area contributed by atoms with Crippen molar-refractivity contribution in [3.63, 3.8) is 0 Å². The van der Waals surface area contributed by atoms with Crippen LogP contribution in [0.1, 0.15) is 124 Å². The molecule has 1 N–H and O–H groups in total. The summed E-state index contributed by atoms with van der Waals surface area (Å²) in [6, 6.07) is 30.5. The monoisotopic (exact) mass is 860 g/mol. The van der Waals surface area contributed by atoms with Gasteiger partial charge < -0.3 is 5.11 Å². The van der Waals surface area contributed by atoms with Gasteiger partial charge in [0.25, 0.3) is 6.33 Å². The zero-order valence-electron chi connectivity index (χ0n) is 31.5. The number of aromatic hydroxyl groups is 1. The maximum absolute atomic E-state index is 9.95. The second-order valence-corrected chi connectivity index (χ2v) is 15.1. The van der Waals surface area contributed by atoms with Crippen LogP contribution in [0.15, 0.2) is 97.3 Å². The Morgan fingerprint density at radius 3 is 1.65 bits per heavy atom. The van der Waals surface area contributed by atoms with E-state index in [0.717, 1.165) is 42.3 Å². The zero-order chi connectivity index (χ0) is 35.5. The number of aromatic nitrogens is 3. The van der Waals surface area contributed by atoms with E-state index in [-0.39, 0.29) is 22.4 Å². The molecule has 0 fully saturated rings. The number of phenols is 1. The van der Waals surface area contributed by atoms with Crippen LogP contribution in [-0.2, 0) is 48.1 Å². The minimum absolute atomic E-state index is 0. The normalized spacial score (nSPS) is 12.6. The van der Waals surface area contributed by atoms with Gasteiger partial charge in [-0.3, -0.25) is 14.1 Å². The van der Waals surface area contributed by atoms with Gasteiger partial charge in [-0.15, -0.1) is 0 Å². The molecule has 0 atom stereocenters. The Morgan fingerprint density at radius 2 is 1.12 bits per heavy atom. The molecule has 0 saturated carbocycles. The minimum Gasteiger partial charge on any atom is -0.508 e. The van der Waals surface area contributed by atoms with Crippen molar-refractivity contribution < 1.29 is 32.1 Å². The van der Waals surface area contributed by atoms with Crippen LogP contribution < -0.4 is 4.57 Å². The molecule has 4 nitrogen and oxygen atoms in total. The Hall–Kier alpha value is -3.96. The molecule has 268 valence electrons. The molecule has 4 aliphatic carbocycles. The van der Waals surface area contributed by atoms with Crippen molar-refractivity contribution >= 4 is 11.0 Å². The molecule has 0 aliphatic heterocycles.